The van der Waals surface area contributed by atoms with Gasteiger partial charge in [-0.05, 0) is 17.5 Å². The van der Waals surface area contributed by atoms with E-state index in [1.54, 1.807) is 0 Å². The average Bonchev–Trinajstić information content (AvgIpc) is 2.74. The summed E-state index contributed by atoms with van der Waals surface area (Å²) in [5, 5.41) is 5.45. The zero-order chi connectivity index (χ0) is 20.5. The van der Waals surface area contributed by atoms with E-state index in [0.717, 1.165) is 11.1 Å². The maximum atomic E-state index is 12.1. The van der Waals surface area contributed by atoms with Crippen LogP contribution in [0.25, 0.3) is 0 Å². The number of ketones is 1. The molecule has 152 valence electrons. The van der Waals surface area contributed by atoms with Gasteiger partial charge in [0.1, 0.15) is 19.0 Å². The van der Waals surface area contributed by atoms with Crippen LogP contribution in [0.15, 0.2) is 60.7 Å². The van der Waals surface area contributed by atoms with Crippen LogP contribution in [0, 0.1) is 0 Å². The summed E-state index contributed by atoms with van der Waals surface area (Å²) < 4.78 is 10.5. The minimum atomic E-state index is -0.627. The molecule has 29 heavy (non-hydrogen) atoms. The van der Waals surface area contributed by atoms with Gasteiger partial charge in [-0.3, -0.25) is 4.79 Å². The van der Waals surface area contributed by atoms with Crippen molar-refractivity contribution in [3.05, 3.63) is 71.8 Å². The Bertz CT molecular complexity index is 826. The molecular weight excluding hydrogens is 372 g/mol. The number of ether oxygens (including phenoxy) is 2. The number of benzene rings is 2. The van der Waals surface area contributed by atoms with Gasteiger partial charge in [0, 0.05) is 12.8 Å². The number of nitrogens with one attached hydrogen (secondary N) is 2. The number of Topliss-reactive ketones (excluding diaryl/α,β-unsaturated/α-hetero) is 1. The Morgan fingerprint density at radius 1 is 0.793 bits per heavy atom. The van der Waals surface area contributed by atoms with Gasteiger partial charge in [-0.25, -0.2) is 9.59 Å². The first kappa shape index (κ1) is 20.4. The predicted octanol–water partition coefficient (Wildman–Crippen LogP) is 3.33. The van der Waals surface area contributed by atoms with Crippen LogP contribution in [0.4, 0.5) is 9.59 Å². The monoisotopic (exact) mass is 396 g/mol. The van der Waals surface area contributed by atoms with Gasteiger partial charge in [-0.1, -0.05) is 60.7 Å². The highest BCUT2D eigenvalue weighted by Gasteiger charge is 2.32. The molecule has 2 N–H and O–H groups in total. The molecule has 7 nitrogen and oxygen atoms in total. The second-order valence-electron chi connectivity index (χ2n) is 6.91. The number of carbonyl (C=O) groups is 3. The molecule has 3 rings (SSSR count). The van der Waals surface area contributed by atoms with E-state index in [1.807, 2.05) is 60.7 Å². The lowest BCUT2D eigenvalue weighted by Gasteiger charge is -2.31. The molecule has 0 bridgehead atoms. The van der Waals surface area contributed by atoms with Gasteiger partial charge < -0.3 is 20.1 Å². The van der Waals surface area contributed by atoms with E-state index >= 15 is 0 Å². The number of amides is 2. The van der Waals surface area contributed by atoms with Crippen molar-refractivity contribution >= 4 is 18.0 Å². The molecule has 2 aromatic rings. The first-order valence-corrected chi connectivity index (χ1v) is 9.56. The van der Waals surface area contributed by atoms with Gasteiger partial charge in [-0.15, -0.1) is 0 Å². The largest absolute Gasteiger partial charge is 0.445 e. The third kappa shape index (κ3) is 6.64. The number of rotatable bonds is 6. The highest BCUT2D eigenvalue weighted by molar-refractivity contribution is 5.81. The minimum absolute atomic E-state index is 0.0362. The van der Waals surface area contributed by atoms with Crippen LogP contribution in [-0.2, 0) is 27.5 Å². The fourth-order valence-corrected chi connectivity index (χ4v) is 3.16. The van der Waals surface area contributed by atoms with Crippen LogP contribution in [0.3, 0.4) is 0 Å². The molecule has 1 aliphatic carbocycles. The first-order chi connectivity index (χ1) is 14.1. The topological polar surface area (TPSA) is 93.7 Å². The molecule has 7 heteroatoms. The van der Waals surface area contributed by atoms with Crippen LogP contribution in [0.5, 0.6) is 0 Å². The summed E-state index contributed by atoms with van der Waals surface area (Å²) >= 11 is 0. The van der Waals surface area contributed by atoms with Gasteiger partial charge in [0.05, 0.1) is 12.1 Å². The maximum absolute atomic E-state index is 12.1. The molecule has 0 heterocycles. The molecule has 2 aromatic carbocycles. The second kappa shape index (κ2) is 10.3. The van der Waals surface area contributed by atoms with Crippen molar-refractivity contribution in [3.63, 3.8) is 0 Å². The second-order valence-corrected chi connectivity index (χ2v) is 6.91. The molecule has 0 radical (unpaired) electrons. The highest BCUT2D eigenvalue weighted by atomic mass is 16.6. The normalized spacial score (nSPS) is 18.6. The third-order valence-corrected chi connectivity index (χ3v) is 4.70. The summed E-state index contributed by atoms with van der Waals surface area (Å²) in [5.41, 5.74) is 1.74. The highest BCUT2D eigenvalue weighted by Crippen LogP contribution is 2.17. The third-order valence-electron chi connectivity index (χ3n) is 4.70. The quantitative estimate of drug-likeness (QED) is 0.781. The Labute approximate surface area is 169 Å². The Kier molecular flexibility index (Phi) is 7.22. The lowest BCUT2D eigenvalue weighted by atomic mass is 9.89. The van der Waals surface area contributed by atoms with Crippen molar-refractivity contribution in [1.29, 1.82) is 0 Å². The first-order valence-electron chi connectivity index (χ1n) is 9.56. The van der Waals surface area contributed by atoms with E-state index in [1.165, 1.54) is 0 Å². The summed E-state index contributed by atoms with van der Waals surface area (Å²) in [6.07, 6.45) is -0.288. The molecule has 1 fully saturated rings. The molecule has 0 aliphatic heterocycles. The number of hydrogen-bond acceptors (Lipinski definition) is 5. The average molecular weight is 396 g/mol. The zero-order valence-electron chi connectivity index (χ0n) is 16.0. The van der Waals surface area contributed by atoms with E-state index in [4.69, 9.17) is 9.47 Å². The van der Waals surface area contributed by atoms with Gasteiger partial charge in [0.25, 0.3) is 0 Å². The number of alkyl carbamates (subject to hydrolysis) is 2. The summed E-state index contributed by atoms with van der Waals surface area (Å²) in [7, 11) is 0. The lowest BCUT2D eigenvalue weighted by molar-refractivity contribution is -0.121. The molecule has 0 aromatic heterocycles. The van der Waals surface area contributed by atoms with Crippen molar-refractivity contribution in [2.45, 2.75) is 44.6 Å². The zero-order valence-corrected chi connectivity index (χ0v) is 16.0. The van der Waals surface area contributed by atoms with Crippen molar-refractivity contribution in [2.75, 3.05) is 0 Å². The molecule has 2 atom stereocenters. The van der Waals surface area contributed by atoms with Crippen molar-refractivity contribution in [2.24, 2.45) is 0 Å². The van der Waals surface area contributed by atoms with Crippen LogP contribution >= 0.6 is 0 Å². The predicted molar refractivity (Wildman–Crippen MR) is 106 cm³/mol. The van der Waals surface area contributed by atoms with Gasteiger partial charge in [0.2, 0.25) is 0 Å². The van der Waals surface area contributed by atoms with Crippen molar-refractivity contribution < 1.29 is 23.9 Å². The van der Waals surface area contributed by atoms with Crippen LogP contribution in [-0.4, -0.2) is 30.1 Å². The molecule has 2 amide bonds. The van der Waals surface area contributed by atoms with Gasteiger partial charge in [-0.2, -0.15) is 0 Å². The summed E-state index contributed by atoms with van der Waals surface area (Å²) in [6.45, 7) is 0.278. The minimum Gasteiger partial charge on any atom is -0.445 e. The molecule has 1 saturated carbocycles. The van der Waals surface area contributed by atoms with Crippen molar-refractivity contribution in [3.8, 4) is 0 Å². The van der Waals surface area contributed by atoms with E-state index in [-0.39, 0.29) is 25.4 Å². The van der Waals surface area contributed by atoms with E-state index in [9.17, 15) is 14.4 Å². The van der Waals surface area contributed by atoms with Crippen molar-refractivity contribution in [1.82, 2.24) is 10.6 Å². The summed E-state index contributed by atoms with van der Waals surface area (Å²) in [5.74, 6) is 0.0362. The molecule has 0 saturated heterocycles. The number of carbonyl (C=O) groups excluding carboxylic acids is 3. The Hall–Kier alpha value is -3.35. The SMILES string of the molecule is O=C1CC[C@H](NC(=O)OCc2ccccc2)[C@H](NC(=O)OCc2ccccc2)C1. The maximum Gasteiger partial charge on any atom is 0.407 e. The fourth-order valence-electron chi connectivity index (χ4n) is 3.16. The van der Waals surface area contributed by atoms with E-state index in [0.29, 0.717) is 12.8 Å². The van der Waals surface area contributed by atoms with Crippen LogP contribution < -0.4 is 10.6 Å². The van der Waals surface area contributed by atoms with Gasteiger partial charge in [0.15, 0.2) is 0 Å². The Balaban J connectivity index is 1.49. The standard InChI is InChI=1S/C22H24N2O5/c25-18-11-12-19(23-21(26)28-14-16-7-3-1-4-8-16)20(13-18)24-22(27)29-15-17-9-5-2-6-10-17/h1-10,19-20H,11-15H2,(H,23,26)(H,24,27)/t19-,20+/m0/s1. The smallest absolute Gasteiger partial charge is 0.407 e. The summed E-state index contributed by atoms with van der Waals surface area (Å²) in [6, 6.07) is 17.7. The molecular formula is C22H24N2O5. The van der Waals surface area contributed by atoms with E-state index in [2.05, 4.69) is 10.6 Å². The van der Waals surface area contributed by atoms with Crippen LogP contribution in [0.2, 0.25) is 0 Å². The van der Waals surface area contributed by atoms with Gasteiger partial charge >= 0.3 is 12.2 Å². The number of hydrogen-bond donors (Lipinski definition) is 2. The Morgan fingerprint density at radius 3 is 1.79 bits per heavy atom. The van der Waals surface area contributed by atoms with Crippen LogP contribution in [0.1, 0.15) is 30.4 Å². The fraction of sp³-hybridized carbons (Fsp3) is 0.318. The molecule has 0 spiro atoms. The Morgan fingerprint density at radius 2 is 1.28 bits per heavy atom. The van der Waals surface area contributed by atoms with E-state index < -0.39 is 24.3 Å². The summed E-state index contributed by atoms with van der Waals surface area (Å²) in [4.78, 5) is 36.1. The molecule has 1 aliphatic rings. The molecule has 0 unspecified atom stereocenters. The lowest BCUT2D eigenvalue weighted by Crippen LogP contribution is -2.54.